The number of rotatable bonds is 11. The maximum absolute atomic E-state index is 15.1. The molecule has 4 aromatic carbocycles. The minimum Gasteiger partial charge on any atom is -0.493 e. The second-order valence-electron chi connectivity index (χ2n) is 9.65. The fraction of sp³-hybridized carbons (Fsp3) is 0.194. The third kappa shape index (κ3) is 7.78. The Balaban J connectivity index is 1.56. The van der Waals surface area contributed by atoms with Gasteiger partial charge in [0.05, 0.1) is 23.2 Å². The van der Waals surface area contributed by atoms with Crippen LogP contribution in [0.5, 0.6) is 5.75 Å². The number of carbonyl (C=O) groups is 1. The van der Waals surface area contributed by atoms with Crippen LogP contribution in [0.4, 0.5) is 14.5 Å². The van der Waals surface area contributed by atoms with Crippen LogP contribution in [0.15, 0.2) is 89.8 Å². The molecule has 0 heterocycles. The summed E-state index contributed by atoms with van der Waals surface area (Å²) in [6.45, 7) is 2.07. The van der Waals surface area contributed by atoms with Crippen LogP contribution in [0.1, 0.15) is 35.3 Å². The SMILES string of the molecule is CC(c1ccccc1OCCCN(C)C(=O)c1cc(Cl)cc(Cl)c1)N(c1cc(F)ccc1F)S(=O)(=O)c1ccc(Cl)cc1. The number of anilines is 1. The van der Waals surface area contributed by atoms with Crippen LogP contribution in [-0.2, 0) is 10.0 Å². The third-order valence-electron chi connectivity index (χ3n) is 6.59. The first-order valence-electron chi connectivity index (χ1n) is 13.1. The Kier molecular flexibility index (Phi) is 10.6. The molecular weight excluding hydrogens is 641 g/mol. The molecule has 0 fully saturated rings. The van der Waals surface area contributed by atoms with E-state index in [0.29, 0.717) is 44.9 Å². The molecule has 0 saturated heterocycles. The molecule has 226 valence electrons. The third-order valence-corrected chi connectivity index (χ3v) is 9.18. The largest absolute Gasteiger partial charge is 0.493 e. The summed E-state index contributed by atoms with van der Waals surface area (Å²) in [7, 11) is -2.76. The lowest BCUT2D eigenvalue weighted by Crippen LogP contribution is -2.34. The van der Waals surface area contributed by atoms with E-state index in [2.05, 4.69) is 0 Å². The summed E-state index contributed by atoms with van der Waals surface area (Å²) in [6, 6.07) is 18.3. The second kappa shape index (κ2) is 13.9. The van der Waals surface area contributed by atoms with Gasteiger partial charge in [0.25, 0.3) is 15.9 Å². The standard InChI is InChI=1S/C31H27Cl3F2N2O4S/c1-20(38(29-19-25(35)10-13-28(29)36)43(40,41)26-11-8-22(32)9-12-26)27-6-3-4-7-30(27)42-15-5-14-37(2)31(39)21-16-23(33)18-24(34)17-21/h3-4,6-13,16-20H,5,14-15H2,1-2H3. The van der Waals surface area contributed by atoms with Gasteiger partial charge in [-0.05, 0) is 74.0 Å². The van der Waals surface area contributed by atoms with Gasteiger partial charge in [-0.25, -0.2) is 17.2 Å². The molecule has 4 aromatic rings. The molecule has 1 atom stereocenters. The number of para-hydroxylation sites is 1. The zero-order valence-electron chi connectivity index (χ0n) is 23.1. The van der Waals surface area contributed by atoms with Crippen LogP contribution < -0.4 is 9.04 Å². The Labute approximate surface area is 264 Å². The molecule has 0 aliphatic rings. The first-order chi connectivity index (χ1) is 20.4. The molecule has 1 amide bonds. The van der Waals surface area contributed by atoms with Crippen molar-refractivity contribution in [3.05, 3.63) is 123 Å². The predicted octanol–water partition coefficient (Wildman–Crippen LogP) is 8.42. The van der Waals surface area contributed by atoms with Crippen LogP contribution in [0, 0.1) is 11.6 Å². The van der Waals surface area contributed by atoms with E-state index in [9.17, 15) is 17.6 Å². The van der Waals surface area contributed by atoms with E-state index in [0.717, 1.165) is 22.5 Å². The number of hydrogen-bond acceptors (Lipinski definition) is 4. The van der Waals surface area contributed by atoms with Crippen molar-refractivity contribution < 1.29 is 26.7 Å². The molecule has 12 heteroatoms. The molecule has 1 unspecified atom stereocenters. The van der Waals surface area contributed by atoms with Gasteiger partial charge in [0.1, 0.15) is 17.4 Å². The van der Waals surface area contributed by atoms with Crippen molar-refractivity contribution in [1.82, 2.24) is 4.90 Å². The number of benzene rings is 4. The van der Waals surface area contributed by atoms with Crippen LogP contribution >= 0.6 is 34.8 Å². The summed E-state index contributed by atoms with van der Waals surface area (Å²) in [6.07, 6.45) is 0.435. The van der Waals surface area contributed by atoms with E-state index in [1.807, 2.05) is 0 Å². The van der Waals surface area contributed by atoms with Gasteiger partial charge in [0.2, 0.25) is 0 Å². The summed E-state index contributed by atoms with van der Waals surface area (Å²) >= 11 is 18.0. The fourth-order valence-corrected chi connectivity index (χ4v) is 6.78. The quantitative estimate of drug-likeness (QED) is 0.151. The van der Waals surface area contributed by atoms with E-state index < -0.39 is 33.4 Å². The Bertz CT molecular complexity index is 1700. The topological polar surface area (TPSA) is 66.9 Å². The molecule has 0 spiro atoms. The van der Waals surface area contributed by atoms with Crippen LogP contribution in [-0.4, -0.2) is 39.4 Å². The van der Waals surface area contributed by atoms with Crippen molar-refractivity contribution in [1.29, 1.82) is 0 Å². The lowest BCUT2D eigenvalue weighted by atomic mass is 10.1. The van der Waals surface area contributed by atoms with Crippen molar-refractivity contribution in [2.75, 3.05) is 24.5 Å². The molecular formula is C31H27Cl3F2N2O4S. The van der Waals surface area contributed by atoms with Crippen LogP contribution in [0.3, 0.4) is 0 Å². The van der Waals surface area contributed by atoms with Gasteiger partial charge in [-0.3, -0.25) is 9.10 Å². The highest BCUT2D eigenvalue weighted by Crippen LogP contribution is 2.38. The predicted molar refractivity (Wildman–Crippen MR) is 166 cm³/mol. The van der Waals surface area contributed by atoms with E-state index in [1.54, 1.807) is 38.2 Å². The van der Waals surface area contributed by atoms with Crippen molar-refractivity contribution in [3.63, 3.8) is 0 Å². The van der Waals surface area contributed by atoms with Crippen LogP contribution in [0.25, 0.3) is 0 Å². The summed E-state index contributed by atoms with van der Waals surface area (Å²) in [4.78, 5) is 14.1. The van der Waals surface area contributed by atoms with Crippen molar-refractivity contribution >= 4 is 56.4 Å². The lowest BCUT2D eigenvalue weighted by Gasteiger charge is -2.32. The van der Waals surface area contributed by atoms with Gasteiger partial charge in [-0.1, -0.05) is 53.0 Å². The molecule has 43 heavy (non-hydrogen) atoms. The Morgan fingerprint density at radius 1 is 0.884 bits per heavy atom. The number of ether oxygens (including phenoxy) is 1. The first-order valence-corrected chi connectivity index (χ1v) is 15.6. The summed E-state index contributed by atoms with van der Waals surface area (Å²) < 4.78 is 64.0. The molecule has 4 rings (SSSR count). The number of hydrogen-bond donors (Lipinski definition) is 0. The number of amides is 1. The maximum atomic E-state index is 15.1. The monoisotopic (exact) mass is 666 g/mol. The molecule has 0 aliphatic carbocycles. The van der Waals surface area contributed by atoms with Gasteiger partial charge in [0.15, 0.2) is 0 Å². The Morgan fingerprint density at radius 3 is 2.21 bits per heavy atom. The number of halogens is 5. The molecule has 0 radical (unpaired) electrons. The number of sulfonamides is 1. The summed E-state index contributed by atoms with van der Waals surface area (Å²) in [5, 5.41) is 1.02. The van der Waals surface area contributed by atoms with Gasteiger partial charge < -0.3 is 9.64 Å². The van der Waals surface area contributed by atoms with E-state index >= 15 is 4.39 Å². The Hall–Kier alpha value is -3.37. The lowest BCUT2D eigenvalue weighted by molar-refractivity contribution is 0.0787. The van der Waals surface area contributed by atoms with Gasteiger partial charge in [-0.2, -0.15) is 0 Å². The van der Waals surface area contributed by atoms with Crippen LogP contribution in [0.2, 0.25) is 15.1 Å². The first kappa shape index (κ1) is 32.5. The minimum absolute atomic E-state index is 0.153. The van der Waals surface area contributed by atoms with E-state index in [4.69, 9.17) is 39.5 Å². The Morgan fingerprint density at radius 2 is 1.53 bits per heavy atom. The highest BCUT2D eigenvalue weighted by atomic mass is 35.5. The summed E-state index contributed by atoms with van der Waals surface area (Å²) in [5.74, 6) is -1.64. The van der Waals surface area contributed by atoms with Crippen molar-refractivity contribution in [2.24, 2.45) is 0 Å². The van der Waals surface area contributed by atoms with Gasteiger partial charge in [0, 0.05) is 45.9 Å². The average Bonchev–Trinajstić information content (AvgIpc) is 2.96. The zero-order chi connectivity index (χ0) is 31.3. The molecule has 0 saturated carbocycles. The normalized spacial score (nSPS) is 12.1. The smallest absolute Gasteiger partial charge is 0.264 e. The highest BCUT2D eigenvalue weighted by molar-refractivity contribution is 7.92. The molecule has 0 N–H and O–H groups in total. The minimum atomic E-state index is -4.40. The van der Waals surface area contributed by atoms with E-state index in [-0.39, 0.29) is 17.4 Å². The van der Waals surface area contributed by atoms with Crippen molar-refractivity contribution in [2.45, 2.75) is 24.3 Å². The second-order valence-corrected chi connectivity index (χ2v) is 12.8. The highest BCUT2D eigenvalue weighted by Gasteiger charge is 2.34. The van der Waals surface area contributed by atoms with E-state index in [1.165, 1.54) is 47.4 Å². The molecule has 6 nitrogen and oxygen atoms in total. The van der Waals surface area contributed by atoms with Crippen molar-refractivity contribution in [3.8, 4) is 5.75 Å². The molecule has 0 bridgehead atoms. The maximum Gasteiger partial charge on any atom is 0.264 e. The fourth-order valence-electron chi connectivity index (χ4n) is 4.49. The summed E-state index contributed by atoms with van der Waals surface area (Å²) in [5.41, 5.74) is 0.312. The van der Waals surface area contributed by atoms with Gasteiger partial charge >= 0.3 is 0 Å². The van der Waals surface area contributed by atoms with Gasteiger partial charge in [-0.15, -0.1) is 0 Å². The molecule has 0 aromatic heterocycles. The molecule has 0 aliphatic heterocycles. The zero-order valence-corrected chi connectivity index (χ0v) is 26.2. The number of carbonyl (C=O) groups excluding carboxylic acids is 1. The number of nitrogens with zero attached hydrogens (tertiary/aromatic N) is 2. The average molecular weight is 668 g/mol.